The molecule has 166 valence electrons. The maximum Gasteiger partial charge on any atom is 0.261 e. The molecular weight excluding hydrogens is 431 g/mol. The predicted octanol–water partition coefficient (Wildman–Crippen LogP) is 4.58. The summed E-state index contributed by atoms with van der Waals surface area (Å²) in [5.74, 6) is -0.268. The largest absolute Gasteiger partial charge is 0.388 e. The highest BCUT2D eigenvalue weighted by molar-refractivity contribution is 7.92. The molecule has 4 aromatic rings. The van der Waals surface area contributed by atoms with Crippen LogP contribution in [0.25, 0.3) is 11.2 Å². The highest BCUT2D eigenvalue weighted by atomic mass is 32.2. The molecule has 11 heteroatoms. The Labute approximate surface area is 188 Å². The molecule has 4 rings (SSSR count). The van der Waals surface area contributed by atoms with Gasteiger partial charge in [-0.15, -0.1) is 3.89 Å². The first-order valence-corrected chi connectivity index (χ1v) is 10.5. The van der Waals surface area contributed by atoms with Gasteiger partial charge in [0, 0.05) is 36.9 Å². The molecule has 3 aromatic heterocycles. The van der Waals surface area contributed by atoms with Gasteiger partial charge >= 0.3 is 0 Å². The van der Waals surface area contributed by atoms with Crippen LogP contribution in [0.1, 0.15) is 41.0 Å². The van der Waals surface area contributed by atoms with E-state index in [1.807, 2.05) is 39.0 Å². The van der Waals surface area contributed by atoms with E-state index in [0.29, 0.717) is 5.56 Å². The van der Waals surface area contributed by atoms with Gasteiger partial charge in [0.25, 0.3) is 5.91 Å². The van der Waals surface area contributed by atoms with Gasteiger partial charge in [-0.05, 0) is 18.6 Å². The molecule has 0 fully saturated rings. The van der Waals surface area contributed by atoms with Gasteiger partial charge in [-0.2, -0.15) is 0 Å². The lowest BCUT2D eigenvalue weighted by atomic mass is 10.0. The molecule has 0 radical (unpaired) electrons. The van der Waals surface area contributed by atoms with Crippen molar-refractivity contribution in [2.75, 3.05) is 17.7 Å². The number of carbonyl (C=O) groups is 1. The summed E-state index contributed by atoms with van der Waals surface area (Å²) < 4.78 is 14.5. The van der Waals surface area contributed by atoms with Crippen LogP contribution >= 0.6 is 12.3 Å². The van der Waals surface area contributed by atoms with Gasteiger partial charge in [0.2, 0.25) is 5.95 Å². The quantitative estimate of drug-likeness (QED) is 0.316. The second-order valence-electron chi connectivity index (χ2n) is 6.43. The van der Waals surface area contributed by atoms with Gasteiger partial charge < -0.3 is 10.3 Å². The normalized spacial score (nSPS) is 10.4. The minimum Gasteiger partial charge on any atom is -0.388 e. The van der Waals surface area contributed by atoms with Gasteiger partial charge in [-0.25, -0.2) is 18.9 Å². The number of aromatic nitrogens is 5. The van der Waals surface area contributed by atoms with Gasteiger partial charge in [-0.1, -0.05) is 26.0 Å². The molecule has 0 aliphatic rings. The molecule has 0 aliphatic heterocycles. The Morgan fingerprint density at radius 1 is 1.25 bits per heavy atom. The zero-order chi connectivity index (χ0) is 23.3. The molecule has 32 heavy (non-hydrogen) atoms. The van der Waals surface area contributed by atoms with Crippen molar-refractivity contribution in [3.05, 3.63) is 65.4 Å². The number of benzene rings is 1. The van der Waals surface area contributed by atoms with Crippen LogP contribution in [-0.2, 0) is 0 Å². The molecule has 0 aliphatic carbocycles. The van der Waals surface area contributed by atoms with E-state index in [2.05, 4.69) is 30.6 Å². The van der Waals surface area contributed by atoms with Crippen molar-refractivity contribution in [3.8, 4) is 0 Å². The van der Waals surface area contributed by atoms with Crippen LogP contribution in [0.2, 0.25) is 0 Å². The van der Waals surface area contributed by atoms with Crippen molar-refractivity contribution in [2.45, 2.75) is 20.8 Å². The van der Waals surface area contributed by atoms with E-state index in [4.69, 9.17) is 5.41 Å². The van der Waals surface area contributed by atoms with Crippen LogP contribution in [0.5, 0.6) is 0 Å². The first-order valence-electron chi connectivity index (χ1n) is 9.87. The summed E-state index contributed by atoms with van der Waals surface area (Å²) in [6, 6.07) is 5.64. The number of aryl methyl sites for hydroxylation is 1. The molecule has 9 nitrogen and oxygen atoms in total. The average Bonchev–Trinajstić information content (AvgIpc) is 3.46. The molecule has 0 atom stereocenters. The lowest BCUT2D eigenvalue weighted by Crippen LogP contribution is -2.13. The molecule has 1 aromatic carbocycles. The average molecular weight is 455 g/mol. The Bertz CT molecular complexity index is 1250. The smallest absolute Gasteiger partial charge is 0.261 e. The number of rotatable bonds is 6. The van der Waals surface area contributed by atoms with Gasteiger partial charge in [-0.3, -0.25) is 15.5 Å². The third-order valence-corrected chi connectivity index (χ3v) is 4.91. The van der Waals surface area contributed by atoms with Crippen molar-refractivity contribution >= 4 is 46.8 Å². The summed E-state index contributed by atoms with van der Waals surface area (Å²) in [4.78, 5) is 28.1. The first-order chi connectivity index (χ1) is 15.5. The summed E-state index contributed by atoms with van der Waals surface area (Å²) in [7, 11) is 1.77. The SMILES string of the molecule is CC.CNc1cc(C)ccc1C(=N)c1cnc2c(n1)c(C(=O)Nc1ncc[nH]1)cn2SF. The number of amides is 1. The predicted molar refractivity (Wildman–Crippen MR) is 126 cm³/mol. The molecule has 0 spiro atoms. The van der Waals surface area contributed by atoms with Gasteiger partial charge in [0.15, 0.2) is 18.0 Å². The minimum absolute atomic E-state index is 0.0901. The van der Waals surface area contributed by atoms with Crippen molar-refractivity contribution in [3.63, 3.8) is 0 Å². The van der Waals surface area contributed by atoms with Crippen LogP contribution in [0, 0.1) is 12.3 Å². The van der Waals surface area contributed by atoms with Crippen LogP contribution in [-0.4, -0.2) is 42.6 Å². The Morgan fingerprint density at radius 2 is 2.03 bits per heavy atom. The molecule has 0 bridgehead atoms. The fraction of sp³-hybridized carbons (Fsp3) is 0.190. The Balaban J connectivity index is 0.00000141. The number of fused-ring (bicyclic) bond motifs is 1. The number of hydrogen-bond acceptors (Lipinski definition) is 7. The van der Waals surface area contributed by atoms with E-state index < -0.39 is 5.91 Å². The zero-order valence-corrected chi connectivity index (χ0v) is 18.8. The number of halogens is 1. The molecule has 0 saturated heterocycles. The zero-order valence-electron chi connectivity index (χ0n) is 18.0. The fourth-order valence-corrected chi connectivity index (χ4v) is 3.38. The lowest BCUT2D eigenvalue weighted by Gasteiger charge is -2.11. The fourth-order valence-electron chi connectivity index (χ4n) is 3.03. The Kier molecular flexibility index (Phi) is 7.21. The molecule has 0 unspecified atom stereocenters. The standard InChI is InChI=1S/C19H17FN8OS.C2H6/c1-10-3-4-11(13(7-10)22-2)15(21)14-8-25-17-16(26-14)12(9-28(17)30-20)18(29)27-19-23-5-6-24-19;1-2/h3-9,21-22H,1-2H3,(H2,23,24,27,29);1-2H3. The Morgan fingerprint density at radius 3 is 2.69 bits per heavy atom. The minimum atomic E-state index is -0.521. The number of carbonyl (C=O) groups excluding carboxylic acids is 1. The van der Waals surface area contributed by atoms with E-state index in [1.165, 1.54) is 18.6 Å². The monoisotopic (exact) mass is 454 g/mol. The molecule has 0 saturated carbocycles. The summed E-state index contributed by atoms with van der Waals surface area (Å²) in [6.07, 6.45) is 5.77. The van der Waals surface area contributed by atoms with Crippen LogP contribution in [0.3, 0.4) is 0 Å². The molecular formula is C21H23FN8OS. The molecule has 3 heterocycles. The topological polar surface area (TPSA) is 124 Å². The number of imidazole rings is 1. The van der Waals surface area contributed by atoms with Crippen LogP contribution in [0.15, 0.2) is 43.0 Å². The van der Waals surface area contributed by atoms with Gasteiger partial charge in [0.1, 0.15) is 11.2 Å². The van der Waals surface area contributed by atoms with Crippen molar-refractivity contribution < 1.29 is 8.68 Å². The number of aromatic amines is 1. The number of nitrogens with zero attached hydrogens (tertiary/aromatic N) is 4. The second-order valence-corrected chi connectivity index (χ2v) is 6.96. The van der Waals surface area contributed by atoms with E-state index in [1.54, 1.807) is 13.2 Å². The van der Waals surface area contributed by atoms with Crippen molar-refractivity contribution in [2.24, 2.45) is 0 Å². The number of hydrogen-bond donors (Lipinski definition) is 4. The molecule has 1 amide bonds. The van der Waals surface area contributed by atoms with Crippen LogP contribution in [0.4, 0.5) is 15.5 Å². The maximum atomic E-state index is 13.4. The van der Waals surface area contributed by atoms with Crippen molar-refractivity contribution in [1.29, 1.82) is 5.41 Å². The summed E-state index contributed by atoms with van der Waals surface area (Å²) in [5, 5.41) is 14.3. The third-order valence-electron chi connectivity index (χ3n) is 4.48. The Hall–Kier alpha value is -3.73. The first kappa shape index (κ1) is 22.9. The summed E-state index contributed by atoms with van der Waals surface area (Å²) in [5.41, 5.74) is 3.33. The number of H-pyrrole nitrogens is 1. The second kappa shape index (κ2) is 10.1. The maximum absolute atomic E-state index is 13.4. The highest BCUT2D eigenvalue weighted by Crippen LogP contribution is 2.25. The number of anilines is 2. The van der Waals surface area contributed by atoms with Crippen LogP contribution < -0.4 is 10.6 Å². The third kappa shape index (κ3) is 4.47. The van der Waals surface area contributed by atoms with E-state index >= 15 is 0 Å². The summed E-state index contributed by atoms with van der Waals surface area (Å²) >= 11 is -0.0901. The summed E-state index contributed by atoms with van der Waals surface area (Å²) in [6.45, 7) is 5.96. The van der Waals surface area contributed by atoms with Crippen molar-refractivity contribution in [1.82, 2.24) is 23.9 Å². The number of nitrogens with one attached hydrogen (secondary N) is 4. The van der Waals surface area contributed by atoms with E-state index in [-0.39, 0.29) is 46.4 Å². The van der Waals surface area contributed by atoms with Gasteiger partial charge in [0.05, 0.1) is 17.5 Å². The van der Waals surface area contributed by atoms with E-state index in [9.17, 15) is 8.68 Å². The lowest BCUT2D eigenvalue weighted by molar-refractivity contribution is 0.102. The highest BCUT2D eigenvalue weighted by Gasteiger charge is 2.21. The van der Waals surface area contributed by atoms with E-state index in [0.717, 1.165) is 15.2 Å². The molecule has 4 N–H and O–H groups in total.